The smallest absolute Gasteiger partial charge is 0.225 e. The zero-order valence-corrected chi connectivity index (χ0v) is 10.1. The number of carbonyl (C=O) groups is 1. The van der Waals surface area contributed by atoms with Gasteiger partial charge in [-0.2, -0.15) is 11.8 Å². The molecule has 82 valence electrons. The van der Waals surface area contributed by atoms with Gasteiger partial charge in [-0.05, 0) is 30.4 Å². The number of carbonyl (C=O) groups excluding carboxylic acids is 1. The van der Waals surface area contributed by atoms with Crippen molar-refractivity contribution in [3.63, 3.8) is 0 Å². The second-order valence-electron chi connectivity index (χ2n) is 3.34. The van der Waals surface area contributed by atoms with Crippen molar-refractivity contribution >= 4 is 23.4 Å². The SMILES string of the molecule is CCc1cccc(NC(=O)CCSC)c1. The second kappa shape index (κ2) is 6.51. The first-order valence-corrected chi connectivity index (χ1v) is 6.53. The van der Waals surface area contributed by atoms with Crippen molar-refractivity contribution in [1.82, 2.24) is 0 Å². The maximum Gasteiger partial charge on any atom is 0.225 e. The Kier molecular flexibility index (Phi) is 5.26. The lowest BCUT2D eigenvalue weighted by molar-refractivity contribution is -0.115. The van der Waals surface area contributed by atoms with E-state index < -0.39 is 0 Å². The van der Waals surface area contributed by atoms with E-state index in [9.17, 15) is 4.79 Å². The summed E-state index contributed by atoms with van der Waals surface area (Å²) in [5, 5.41) is 2.90. The minimum absolute atomic E-state index is 0.0950. The summed E-state index contributed by atoms with van der Waals surface area (Å²) in [6.07, 6.45) is 3.58. The average molecular weight is 223 g/mol. The summed E-state index contributed by atoms with van der Waals surface area (Å²) in [5.41, 5.74) is 2.15. The lowest BCUT2D eigenvalue weighted by Crippen LogP contribution is -2.12. The van der Waals surface area contributed by atoms with Gasteiger partial charge in [0.2, 0.25) is 5.91 Å². The molecular weight excluding hydrogens is 206 g/mol. The quantitative estimate of drug-likeness (QED) is 0.831. The summed E-state index contributed by atoms with van der Waals surface area (Å²) in [4.78, 5) is 11.4. The highest BCUT2D eigenvalue weighted by Crippen LogP contribution is 2.11. The normalized spacial score (nSPS) is 10.0. The van der Waals surface area contributed by atoms with Crippen molar-refractivity contribution in [3.05, 3.63) is 29.8 Å². The molecule has 0 fully saturated rings. The van der Waals surface area contributed by atoms with Gasteiger partial charge in [0.15, 0.2) is 0 Å². The van der Waals surface area contributed by atoms with Crippen molar-refractivity contribution < 1.29 is 4.79 Å². The van der Waals surface area contributed by atoms with Gasteiger partial charge in [0.25, 0.3) is 0 Å². The van der Waals surface area contributed by atoms with Crippen LogP contribution >= 0.6 is 11.8 Å². The first kappa shape index (κ1) is 12.1. The predicted octanol–water partition coefficient (Wildman–Crippen LogP) is 2.94. The lowest BCUT2D eigenvalue weighted by atomic mass is 10.1. The van der Waals surface area contributed by atoms with Gasteiger partial charge < -0.3 is 5.32 Å². The first-order valence-electron chi connectivity index (χ1n) is 5.14. The van der Waals surface area contributed by atoms with E-state index in [-0.39, 0.29) is 5.91 Å². The van der Waals surface area contributed by atoms with Crippen LogP contribution in [0.3, 0.4) is 0 Å². The predicted molar refractivity (Wildman–Crippen MR) is 67.4 cm³/mol. The van der Waals surface area contributed by atoms with Crippen LogP contribution in [-0.4, -0.2) is 17.9 Å². The summed E-state index contributed by atoms with van der Waals surface area (Å²) < 4.78 is 0. The third kappa shape index (κ3) is 4.38. The molecule has 0 bridgehead atoms. The molecule has 1 aromatic rings. The van der Waals surface area contributed by atoms with E-state index >= 15 is 0 Å². The Hall–Kier alpha value is -0.960. The van der Waals surface area contributed by atoms with Crippen LogP contribution in [-0.2, 0) is 11.2 Å². The maximum absolute atomic E-state index is 11.4. The highest BCUT2D eigenvalue weighted by molar-refractivity contribution is 7.98. The number of rotatable bonds is 5. The molecule has 1 rings (SSSR count). The number of nitrogens with one attached hydrogen (secondary N) is 1. The Morgan fingerprint density at radius 2 is 2.27 bits per heavy atom. The molecule has 0 atom stereocenters. The van der Waals surface area contributed by atoms with Gasteiger partial charge >= 0.3 is 0 Å². The van der Waals surface area contributed by atoms with E-state index in [1.165, 1.54) is 5.56 Å². The van der Waals surface area contributed by atoms with Gasteiger partial charge in [-0.15, -0.1) is 0 Å². The molecule has 1 aromatic carbocycles. The molecule has 0 spiro atoms. The fraction of sp³-hybridized carbons (Fsp3) is 0.417. The molecule has 0 heterocycles. The van der Waals surface area contributed by atoms with Crippen molar-refractivity contribution in [1.29, 1.82) is 0 Å². The van der Waals surface area contributed by atoms with Crippen molar-refractivity contribution in [2.45, 2.75) is 19.8 Å². The van der Waals surface area contributed by atoms with Crippen LogP contribution in [0.4, 0.5) is 5.69 Å². The van der Waals surface area contributed by atoms with Gasteiger partial charge in [0.05, 0.1) is 0 Å². The second-order valence-corrected chi connectivity index (χ2v) is 4.33. The van der Waals surface area contributed by atoms with E-state index in [4.69, 9.17) is 0 Å². The Morgan fingerprint density at radius 1 is 1.47 bits per heavy atom. The number of benzene rings is 1. The van der Waals surface area contributed by atoms with Crippen LogP contribution in [0.15, 0.2) is 24.3 Å². The zero-order valence-electron chi connectivity index (χ0n) is 9.25. The third-order valence-electron chi connectivity index (χ3n) is 2.15. The van der Waals surface area contributed by atoms with E-state index in [0.29, 0.717) is 6.42 Å². The molecule has 0 aromatic heterocycles. The molecule has 0 aliphatic heterocycles. The van der Waals surface area contributed by atoms with Gasteiger partial charge in [-0.25, -0.2) is 0 Å². The Morgan fingerprint density at radius 3 is 2.93 bits per heavy atom. The number of amides is 1. The maximum atomic E-state index is 11.4. The number of aryl methyl sites for hydroxylation is 1. The van der Waals surface area contributed by atoms with E-state index in [1.807, 2.05) is 24.5 Å². The Balaban J connectivity index is 2.52. The van der Waals surface area contributed by atoms with Crippen LogP contribution < -0.4 is 5.32 Å². The summed E-state index contributed by atoms with van der Waals surface area (Å²) in [6.45, 7) is 2.11. The molecular formula is C12H17NOS. The van der Waals surface area contributed by atoms with Gasteiger partial charge in [0.1, 0.15) is 0 Å². The van der Waals surface area contributed by atoms with Crippen LogP contribution in [0.1, 0.15) is 18.9 Å². The molecule has 3 heteroatoms. The summed E-state index contributed by atoms with van der Waals surface area (Å²) in [6, 6.07) is 7.99. The van der Waals surface area contributed by atoms with Crippen LogP contribution in [0.5, 0.6) is 0 Å². The molecule has 2 nitrogen and oxygen atoms in total. The first-order chi connectivity index (χ1) is 7.26. The number of hydrogen-bond acceptors (Lipinski definition) is 2. The Bertz CT molecular complexity index is 325. The van der Waals surface area contributed by atoms with Crippen molar-refractivity contribution in [2.75, 3.05) is 17.3 Å². The standard InChI is InChI=1S/C12H17NOS/c1-3-10-5-4-6-11(9-10)13-12(14)7-8-15-2/h4-6,9H,3,7-8H2,1-2H3,(H,13,14). The molecule has 0 aliphatic rings. The number of thioether (sulfide) groups is 1. The summed E-state index contributed by atoms with van der Waals surface area (Å²) in [5.74, 6) is 0.969. The van der Waals surface area contributed by atoms with Crippen LogP contribution in [0.25, 0.3) is 0 Å². The van der Waals surface area contributed by atoms with Gasteiger partial charge in [0, 0.05) is 17.9 Å². The minimum Gasteiger partial charge on any atom is -0.326 e. The van der Waals surface area contributed by atoms with E-state index in [2.05, 4.69) is 18.3 Å². The fourth-order valence-corrected chi connectivity index (χ4v) is 1.68. The third-order valence-corrected chi connectivity index (χ3v) is 2.76. The molecule has 15 heavy (non-hydrogen) atoms. The highest BCUT2D eigenvalue weighted by Gasteiger charge is 2.01. The molecule has 1 N–H and O–H groups in total. The van der Waals surface area contributed by atoms with Crippen molar-refractivity contribution in [3.8, 4) is 0 Å². The van der Waals surface area contributed by atoms with Crippen molar-refractivity contribution in [2.24, 2.45) is 0 Å². The largest absolute Gasteiger partial charge is 0.326 e. The molecule has 1 amide bonds. The highest BCUT2D eigenvalue weighted by atomic mass is 32.2. The number of anilines is 1. The molecule has 0 saturated carbocycles. The number of hydrogen-bond donors (Lipinski definition) is 1. The minimum atomic E-state index is 0.0950. The molecule has 0 radical (unpaired) electrons. The van der Waals surface area contributed by atoms with E-state index in [0.717, 1.165) is 17.9 Å². The fourth-order valence-electron chi connectivity index (χ4n) is 1.29. The molecule has 0 saturated heterocycles. The summed E-state index contributed by atoms with van der Waals surface area (Å²) >= 11 is 1.69. The van der Waals surface area contributed by atoms with Crippen LogP contribution in [0, 0.1) is 0 Å². The van der Waals surface area contributed by atoms with Crippen LogP contribution in [0.2, 0.25) is 0 Å². The van der Waals surface area contributed by atoms with Gasteiger partial charge in [-0.3, -0.25) is 4.79 Å². The van der Waals surface area contributed by atoms with Gasteiger partial charge in [-0.1, -0.05) is 19.1 Å². The topological polar surface area (TPSA) is 29.1 Å². The monoisotopic (exact) mass is 223 g/mol. The lowest BCUT2D eigenvalue weighted by Gasteiger charge is -2.05. The Labute approximate surface area is 95.5 Å². The van der Waals surface area contributed by atoms with E-state index in [1.54, 1.807) is 11.8 Å². The molecule has 0 aliphatic carbocycles. The zero-order chi connectivity index (χ0) is 11.1. The average Bonchev–Trinajstić information content (AvgIpc) is 2.26. The molecule has 0 unspecified atom stereocenters. The summed E-state index contributed by atoms with van der Waals surface area (Å²) in [7, 11) is 0.